The van der Waals surface area contributed by atoms with E-state index in [-0.39, 0.29) is 17.2 Å². The molecule has 3 rings (SSSR count). The number of benzene rings is 2. The summed E-state index contributed by atoms with van der Waals surface area (Å²) in [6.45, 7) is 0. The van der Waals surface area contributed by atoms with E-state index in [1.807, 2.05) is 0 Å². The molecule has 0 atom stereocenters. The van der Waals surface area contributed by atoms with Crippen LogP contribution in [-0.4, -0.2) is 23.0 Å². The minimum absolute atomic E-state index is 0.0161. The van der Waals surface area contributed by atoms with Crippen LogP contribution in [0.15, 0.2) is 54.7 Å². The van der Waals surface area contributed by atoms with E-state index in [0.717, 1.165) is 6.07 Å². The highest BCUT2D eigenvalue weighted by atomic mass is 16.6. The van der Waals surface area contributed by atoms with Crippen LogP contribution in [0.25, 0.3) is 10.9 Å². The Labute approximate surface area is 136 Å². The Balaban J connectivity index is 2.00. The summed E-state index contributed by atoms with van der Waals surface area (Å²) in [7, 11) is 1.39. The Morgan fingerprint density at radius 3 is 2.71 bits per heavy atom. The molecule has 1 aromatic heterocycles. The summed E-state index contributed by atoms with van der Waals surface area (Å²) >= 11 is 0. The van der Waals surface area contributed by atoms with E-state index in [9.17, 15) is 14.9 Å². The molecule has 0 radical (unpaired) electrons. The Hall–Kier alpha value is -3.48. The Kier molecular flexibility index (Phi) is 4.07. The molecular weight excluding hydrogens is 312 g/mol. The summed E-state index contributed by atoms with van der Waals surface area (Å²) in [5.74, 6) is -0.433. The number of nitrogens with zero attached hydrogens (tertiary/aromatic N) is 2. The third kappa shape index (κ3) is 2.87. The van der Waals surface area contributed by atoms with Gasteiger partial charge < -0.3 is 9.47 Å². The maximum atomic E-state index is 12.5. The van der Waals surface area contributed by atoms with Crippen LogP contribution in [0.1, 0.15) is 10.4 Å². The highest BCUT2D eigenvalue weighted by molar-refractivity contribution is 6.04. The average molecular weight is 324 g/mol. The number of carbonyl (C=O) groups is 1. The molecule has 24 heavy (non-hydrogen) atoms. The molecule has 0 unspecified atom stereocenters. The fourth-order valence-corrected chi connectivity index (χ4v) is 2.29. The maximum Gasteiger partial charge on any atom is 0.344 e. The maximum absolute atomic E-state index is 12.5. The zero-order chi connectivity index (χ0) is 17.1. The van der Waals surface area contributed by atoms with Crippen molar-refractivity contribution < 1.29 is 19.2 Å². The first-order valence-electron chi connectivity index (χ1n) is 6.98. The molecule has 120 valence electrons. The molecule has 7 heteroatoms. The van der Waals surface area contributed by atoms with Crippen molar-refractivity contribution in [3.05, 3.63) is 70.4 Å². The molecule has 7 nitrogen and oxygen atoms in total. The zero-order valence-electron chi connectivity index (χ0n) is 12.6. The van der Waals surface area contributed by atoms with Gasteiger partial charge in [0.05, 0.1) is 29.2 Å². The molecule has 1 heterocycles. The second-order valence-electron chi connectivity index (χ2n) is 4.86. The van der Waals surface area contributed by atoms with E-state index in [4.69, 9.17) is 9.47 Å². The lowest BCUT2D eigenvalue weighted by atomic mass is 10.1. The average Bonchev–Trinajstić information content (AvgIpc) is 2.61. The fourth-order valence-electron chi connectivity index (χ4n) is 2.29. The van der Waals surface area contributed by atoms with Crippen molar-refractivity contribution in [2.24, 2.45) is 0 Å². The first kappa shape index (κ1) is 15.4. The molecule has 0 aliphatic carbocycles. The second kappa shape index (κ2) is 6.33. The smallest absolute Gasteiger partial charge is 0.344 e. The predicted octanol–water partition coefficient (Wildman–Crippen LogP) is 3.37. The summed E-state index contributed by atoms with van der Waals surface area (Å²) < 4.78 is 10.4. The molecule has 0 saturated carbocycles. The van der Waals surface area contributed by atoms with Crippen molar-refractivity contribution in [3.63, 3.8) is 0 Å². The Morgan fingerprint density at radius 1 is 1.12 bits per heavy atom. The Morgan fingerprint density at radius 2 is 1.96 bits per heavy atom. The fraction of sp³-hybridized carbons (Fsp3) is 0.0588. The number of nitro benzene ring substituents is 1. The number of methoxy groups -OCH3 is 1. The van der Waals surface area contributed by atoms with Crippen molar-refractivity contribution in [2.75, 3.05) is 7.11 Å². The van der Waals surface area contributed by atoms with Gasteiger partial charge in [0.15, 0.2) is 11.5 Å². The van der Waals surface area contributed by atoms with Gasteiger partial charge in [0.2, 0.25) is 0 Å². The van der Waals surface area contributed by atoms with Crippen LogP contribution in [0, 0.1) is 10.1 Å². The quantitative estimate of drug-likeness (QED) is 0.316. The van der Waals surface area contributed by atoms with Crippen LogP contribution >= 0.6 is 0 Å². The summed E-state index contributed by atoms with van der Waals surface area (Å²) in [5, 5.41) is 11.5. The van der Waals surface area contributed by atoms with E-state index in [2.05, 4.69) is 4.98 Å². The number of ether oxygens (including phenoxy) is 2. The van der Waals surface area contributed by atoms with E-state index in [1.54, 1.807) is 36.5 Å². The normalized spacial score (nSPS) is 10.4. The molecule has 0 amide bonds. The van der Waals surface area contributed by atoms with Gasteiger partial charge in [-0.05, 0) is 24.3 Å². The van der Waals surface area contributed by atoms with Crippen LogP contribution in [0.3, 0.4) is 0 Å². The number of fused-ring (bicyclic) bond motifs is 1. The van der Waals surface area contributed by atoms with Gasteiger partial charge in [0.1, 0.15) is 0 Å². The van der Waals surface area contributed by atoms with Crippen molar-refractivity contribution >= 4 is 22.6 Å². The lowest BCUT2D eigenvalue weighted by Crippen LogP contribution is -2.10. The Bertz CT molecular complexity index is 934. The summed E-state index contributed by atoms with van der Waals surface area (Å²) in [6, 6.07) is 12.4. The molecular formula is C17H12N2O5. The van der Waals surface area contributed by atoms with Gasteiger partial charge in [-0.2, -0.15) is 0 Å². The van der Waals surface area contributed by atoms with Crippen molar-refractivity contribution in [1.29, 1.82) is 0 Å². The number of pyridine rings is 1. The van der Waals surface area contributed by atoms with Crippen molar-refractivity contribution in [3.8, 4) is 11.5 Å². The monoisotopic (exact) mass is 324 g/mol. The third-order valence-corrected chi connectivity index (χ3v) is 3.43. The van der Waals surface area contributed by atoms with Crippen LogP contribution in [0.4, 0.5) is 5.69 Å². The van der Waals surface area contributed by atoms with Crippen LogP contribution in [0.2, 0.25) is 0 Å². The highest BCUT2D eigenvalue weighted by Crippen LogP contribution is 2.32. The zero-order valence-corrected chi connectivity index (χ0v) is 12.6. The lowest BCUT2D eigenvalue weighted by molar-refractivity contribution is -0.384. The minimum Gasteiger partial charge on any atom is -0.493 e. The summed E-state index contributed by atoms with van der Waals surface area (Å²) in [4.78, 5) is 27.0. The van der Waals surface area contributed by atoms with E-state index < -0.39 is 10.9 Å². The van der Waals surface area contributed by atoms with E-state index in [0.29, 0.717) is 16.5 Å². The third-order valence-electron chi connectivity index (χ3n) is 3.43. The number of aromatic nitrogens is 1. The largest absolute Gasteiger partial charge is 0.493 e. The molecule has 0 aliphatic rings. The first-order valence-corrected chi connectivity index (χ1v) is 6.98. The van der Waals surface area contributed by atoms with E-state index in [1.165, 1.54) is 19.2 Å². The SMILES string of the molecule is COc1ccc([N+](=O)[O-])cc1OC(=O)c1cccc2ncccc12. The molecule has 0 bridgehead atoms. The van der Waals surface area contributed by atoms with Crippen LogP contribution in [0.5, 0.6) is 11.5 Å². The van der Waals surface area contributed by atoms with Gasteiger partial charge >= 0.3 is 5.97 Å². The number of carbonyl (C=O) groups excluding carboxylic acids is 1. The van der Waals surface area contributed by atoms with Crippen LogP contribution in [-0.2, 0) is 0 Å². The number of rotatable bonds is 4. The molecule has 0 N–H and O–H groups in total. The second-order valence-corrected chi connectivity index (χ2v) is 4.86. The van der Waals surface area contributed by atoms with Gasteiger partial charge in [0.25, 0.3) is 5.69 Å². The number of hydrogen-bond donors (Lipinski definition) is 0. The molecule has 0 aliphatic heterocycles. The van der Waals surface area contributed by atoms with Gasteiger partial charge in [-0.15, -0.1) is 0 Å². The van der Waals surface area contributed by atoms with E-state index >= 15 is 0 Å². The van der Waals surface area contributed by atoms with Gasteiger partial charge in [-0.25, -0.2) is 4.79 Å². The summed E-state index contributed by atoms with van der Waals surface area (Å²) in [5.41, 5.74) is 0.769. The minimum atomic E-state index is -0.646. The van der Waals surface area contributed by atoms with Gasteiger partial charge in [0, 0.05) is 17.6 Å². The first-order chi connectivity index (χ1) is 11.6. The number of hydrogen-bond acceptors (Lipinski definition) is 6. The number of esters is 1. The van der Waals surface area contributed by atoms with Crippen LogP contribution < -0.4 is 9.47 Å². The number of nitro groups is 1. The standard InChI is InChI=1S/C17H12N2O5/c1-23-15-8-7-11(19(21)22)10-16(15)24-17(20)13-4-2-6-14-12(13)5-3-9-18-14/h2-10H,1H3. The summed E-state index contributed by atoms with van der Waals surface area (Å²) in [6.07, 6.45) is 1.63. The molecule has 3 aromatic rings. The number of non-ortho nitro benzene ring substituents is 1. The van der Waals surface area contributed by atoms with Gasteiger partial charge in [-0.1, -0.05) is 12.1 Å². The molecule has 0 saturated heterocycles. The van der Waals surface area contributed by atoms with Crippen molar-refractivity contribution in [1.82, 2.24) is 4.98 Å². The van der Waals surface area contributed by atoms with Crippen molar-refractivity contribution in [2.45, 2.75) is 0 Å². The lowest BCUT2D eigenvalue weighted by Gasteiger charge is -2.10. The molecule has 2 aromatic carbocycles. The molecule has 0 fully saturated rings. The predicted molar refractivity (Wildman–Crippen MR) is 86.3 cm³/mol. The highest BCUT2D eigenvalue weighted by Gasteiger charge is 2.18. The van der Waals surface area contributed by atoms with Gasteiger partial charge in [-0.3, -0.25) is 15.1 Å². The topological polar surface area (TPSA) is 91.6 Å². The molecule has 0 spiro atoms.